The van der Waals surface area contributed by atoms with Gasteiger partial charge in [-0.1, -0.05) is 12.1 Å². The molecule has 1 N–H and O–H groups in total. The van der Waals surface area contributed by atoms with Crippen molar-refractivity contribution >= 4 is 68.2 Å². The number of hydrogen-bond acceptors (Lipinski definition) is 7. The maximum Gasteiger partial charge on any atom is 0.348 e. The van der Waals surface area contributed by atoms with Crippen LogP contribution < -0.4 is 5.32 Å². The van der Waals surface area contributed by atoms with E-state index in [2.05, 4.69) is 10.3 Å². The number of aromatic nitrogens is 1. The van der Waals surface area contributed by atoms with E-state index in [9.17, 15) is 9.18 Å². The maximum absolute atomic E-state index is 13.7. The second-order valence-corrected chi connectivity index (χ2v) is 7.64. The van der Waals surface area contributed by atoms with E-state index in [1.807, 2.05) is 11.6 Å². The molecule has 0 fully saturated rings. The van der Waals surface area contributed by atoms with Gasteiger partial charge in [0, 0.05) is 10.9 Å². The van der Waals surface area contributed by atoms with Crippen LogP contribution in [0.5, 0.6) is 0 Å². The third-order valence-electron chi connectivity index (χ3n) is 3.17. The molecule has 3 aromatic rings. The number of methoxy groups -OCH3 is 1. The lowest BCUT2D eigenvalue weighted by Crippen LogP contribution is -1.96. The van der Waals surface area contributed by atoms with Crippen LogP contribution in [0.2, 0.25) is 0 Å². The van der Waals surface area contributed by atoms with Crippen LogP contribution >= 0.6 is 51.4 Å². The van der Waals surface area contributed by atoms with Crippen LogP contribution in [0.3, 0.4) is 0 Å². The quantitative estimate of drug-likeness (QED) is 0.382. The average molecular weight is 461 g/mol. The molecule has 0 spiro atoms. The molecule has 9 heteroatoms. The van der Waals surface area contributed by atoms with Crippen LogP contribution in [0.1, 0.15) is 9.67 Å². The first-order chi connectivity index (χ1) is 11.6. The number of carbonyl (C=O) groups is 1. The number of para-hydroxylation sites is 1. The van der Waals surface area contributed by atoms with Crippen molar-refractivity contribution in [3.05, 3.63) is 46.4 Å². The number of thioether (sulfide) groups is 1. The van der Waals surface area contributed by atoms with Gasteiger partial charge in [0.25, 0.3) is 0 Å². The summed E-state index contributed by atoms with van der Waals surface area (Å²) in [5.41, 5.74) is 2.00. The van der Waals surface area contributed by atoms with Crippen molar-refractivity contribution in [2.45, 2.75) is 4.21 Å². The molecule has 0 aliphatic heterocycles. The first-order valence-electron chi connectivity index (χ1n) is 6.86. The second kappa shape index (κ2) is 8.79. The minimum atomic E-state index is -0.360. The van der Waals surface area contributed by atoms with Crippen molar-refractivity contribution in [1.29, 1.82) is 0 Å². The van der Waals surface area contributed by atoms with Crippen LogP contribution in [0, 0.1) is 5.82 Å². The average Bonchev–Trinajstić information content (AvgIpc) is 3.22. The summed E-state index contributed by atoms with van der Waals surface area (Å²) in [6.45, 7) is 0. The molecule has 0 aliphatic rings. The Hall–Kier alpha value is -1.42. The number of ether oxygens (including phenoxy) is 1. The van der Waals surface area contributed by atoms with E-state index in [1.54, 1.807) is 36.0 Å². The third kappa shape index (κ3) is 4.41. The Labute approximate surface area is 167 Å². The molecule has 0 saturated carbocycles. The van der Waals surface area contributed by atoms with Crippen molar-refractivity contribution < 1.29 is 13.9 Å². The summed E-state index contributed by atoms with van der Waals surface area (Å²) in [4.78, 5) is 16.8. The first kappa shape index (κ1) is 19.9. The molecule has 0 radical (unpaired) electrons. The predicted molar refractivity (Wildman–Crippen MR) is 109 cm³/mol. The van der Waals surface area contributed by atoms with Gasteiger partial charge in [-0.05, 0) is 24.5 Å². The highest BCUT2D eigenvalue weighted by Crippen LogP contribution is 2.39. The Morgan fingerprint density at radius 3 is 2.80 bits per heavy atom. The molecule has 4 nitrogen and oxygen atoms in total. The van der Waals surface area contributed by atoms with E-state index >= 15 is 0 Å². The van der Waals surface area contributed by atoms with Crippen LogP contribution in [0.15, 0.2) is 39.9 Å². The zero-order valence-corrected chi connectivity index (χ0v) is 17.4. The molecule has 2 heterocycles. The Bertz CT molecular complexity index is 882. The zero-order valence-electron chi connectivity index (χ0n) is 13.2. The number of nitrogens with one attached hydrogen (secondary N) is 1. The van der Waals surface area contributed by atoms with Crippen LogP contribution in [-0.2, 0) is 4.74 Å². The normalized spacial score (nSPS) is 10.2. The standard InChI is InChI=1S/C16H13FN2O2S3.BrH/c1-21-14(20)13-7-9(15(22-2)24-13)12-8-23-16(19-12)18-11-6-4-3-5-10(11)17;/h3-8H,1-2H3,(H,18,19);1H. The summed E-state index contributed by atoms with van der Waals surface area (Å²) >= 11 is 4.31. The van der Waals surface area contributed by atoms with E-state index in [4.69, 9.17) is 4.74 Å². The fourth-order valence-corrected chi connectivity index (χ4v) is 4.56. The van der Waals surface area contributed by atoms with Gasteiger partial charge >= 0.3 is 5.97 Å². The van der Waals surface area contributed by atoms with Gasteiger partial charge in [-0.2, -0.15) is 0 Å². The Kier molecular flexibility index (Phi) is 7.00. The molecule has 1 aromatic carbocycles. The maximum atomic E-state index is 13.7. The topological polar surface area (TPSA) is 51.2 Å². The lowest BCUT2D eigenvalue weighted by molar-refractivity contribution is 0.0606. The highest BCUT2D eigenvalue weighted by Gasteiger charge is 2.18. The molecule has 0 bridgehead atoms. The van der Waals surface area contributed by atoms with Crippen molar-refractivity contribution in [3.63, 3.8) is 0 Å². The molecule has 132 valence electrons. The van der Waals surface area contributed by atoms with E-state index in [-0.39, 0.29) is 28.8 Å². The number of hydrogen-bond donors (Lipinski definition) is 1. The van der Waals surface area contributed by atoms with E-state index in [0.29, 0.717) is 15.7 Å². The van der Waals surface area contributed by atoms with Crippen molar-refractivity contribution in [2.75, 3.05) is 18.7 Å². The summed E-state index contributed by atoms with van der Waals surface area (Å²) in [5, 5.41) is 5.45. The predicted octanol–water partition coefficient (Wildman–Crippen LogP) is 5.84. The smallest absolute Gasteiger partial charge is 0.348 e. The summed E-state index contributed by atoms with van der Waals surface area (Å²) < 4.78 is 19.5. The fraction of sp³-hybridized carbons (Fsp3) is 0.125. The van der Waals surface area contributed by atoms with Gasteiger partial charge in [0.2, 0.25) is 0 Å². The van der Waals surface area contributed by atoms with Gasteiger partial charge in [-0.25, -0.2) is 14.2 Å². The molecule has 3 rings (SSSR count). The summed E-state index contributed by atoms with van der Waals surface area (Å²) in [6, 6.07) is 8.23. The number of thiazole rings is 1. The van der Waals surface area contributed by atoms with Crippen molar-refractivity contribution in [1.82, 2.24) is 4.98 Å². The monoisotopic (exact) mass is 460 g/mol. The van der Waals surface area contributed by atoms with Crippen molar-refractivity contribution in [3.8, 4) is 11.3 Å². The minimum Gasteiger partial charge on any atom is -0.465 e. The number of rotatable bonds is 5. The van der Waals surface area contributed by atoms with Gasteiger partial charge in [0.1, 0.15) is 10.7 Å². The Morgan fingerprint density at radius 2 is 2.12 bits per heavy atom. The molecule has 0 atom stereocenters. The number of carbonyl (C=O) groups excluding carboxylic acids is 1. The van der Waals surface area contributed by atoms with Gasteiger partial charge in [-0.15, -0.1) is 51.4 Å². The number of nitrogens with zero attached hydrogens (tertiary/aromatic N) is 1. The number of halogens is 2. The van der Waals surface area contributed by atoms with Gasteiger partial charge in [0.05, 0.1) is 22.7 Å². The molecule has 0 amide bonds. The first-order valence-corrected chi connectivity index (χ1v) is 9.78. The minimum absolute atomic E-state index is 0. The summed E-state index contributed by atoms with van der Waals surface area (Å²) in [7, 11) is 1.36. The van der Waals surface area contributed by atoms with Crippen molar-refractivity contribution in [2.24, 2.45) is 0 Å². The van der Waals surface area contributed by atoms with E-state index in [0.717, 1.165) is 15.5 Å². The summed E-state index contributed by atoms with van der Waals surface area (Å²) in [5.74, 6) is -0.691. The SMILES string of the molecule is Br.COC(=O)c1cc(-c2csc(Nc3ccccc3F)n2)c(SC)s1. The highest BCUT2D eigenvalue weighted by molar-refractivity contribution is 8.93. The Balaban J connectivity index is 0.00000225. The zero-order chi connectivity index (χ0) is 17.1. The largest absolute Gasteiger partial charge is 0.465 e. The lowest BCUT2D eigenvalue weighted by Gasteiger charge is -2.03. The second-order valence-electron chi connectivity index (χ2n) is 4.65. The molecule has 25 heavy (non-hydrogen) atoms. The Morgan fingerprint density at radius 1 is 1.36 bits per heavy atom. The molecular weight excluding hydrogens is 447 g/mol. The number of thiophene rings is 1. The molecule has 0 saturated heterocycles. The highest BCUT2D eigenvalue weighted by atomic mass is 79.9. The van der Waals surface area contributed by atoms with E-state index < -0.39 is 0 Å². The van der Waals surface area contributed by atoms with E-state index in [1.165, 1.54) is 35.8 Å². The van der Waals surface area contributed by atoms with Gasteiger partial charge in [-0.3, -0.25) is 0 Å². The fourth-order valence-electron chi connectivity index (χ4n) is 2.04. The lowest BCUT2D eigenvalue weighted by atomic mass is 10.2. The van der Waals surface area contributed by atoms with Crippen LogP contribution in [0.25, 0.3) is 11.3 Å². The number of anilines is 2. The molecule has 2 aromatic heterocycles. The van der Waals surface area contributed by atoms with Crippen LogP contribution in [0.4, 0.5) is 15.2 Å². The van der Waals surface area contributed by atoms with Gasteiger partial charge in [0.15, 0.2) is 5.13 Å². The number of benzene rings is 1. The molecule has 0 unspecified atom stereocenters. The van der Waals surface area contributed by atoms with Gasteiger partial charge < -0.3 is 10.1 Å². The van der Waals surface area contributed by atoms with Crippen LogP contribution in [-0.4, -0.2) is 24.3 Å². The molecule has 0 aliphatic carbocycles. The summed E-state index contributed by atoms with van der Waals surface area (Å²) in [6.07, 6.45) is 1.95. The number of esters is 1. The molecular formula is C16H14BrFN2O2S3. The third-order valence-corrected chi connectivity index (χ3v) is 6.17.